The summed E-state index contributed by atoms with van der Waals surface area (Å²) in [6.45, 7) is 2.19. The van der Waals surface area contributed by atoms with Gasteiger partial charge in [-0.1, -0.05) is 56.2 Å². The first-order valence-corrected chi connectivity index (χ1v) is 8.05. The lowest BCUT2D eigenvalue weighted by molar-refractivity contribution is -0.137. The second-order valence-electron chi connectivity index (χ2n) is 5.22. The lowest BCUT2D eigenvalue weighted by Gasteiger charge is -1.99. The van der Waals surface area contributed by atoms with Crippen LogP contribution in [0.15, 0.2) is 36.5 Å². The Labute approximate surface area is 129 Å². The van der Waals surface area contributed by atoms with Gasteiger partial charge >= 0.3 is 5.97 Å². The molecule has 0 heterocycles. The third kappa shape index (κ3) is 16.6. The number of hydrogen-bond donors (Lipinski definition) is 2. The summed E-state index contributed by atoms with van der Waals surface area (Å²) in [6.07, 6.45) is 19.5. The molecule has 1 unspecified atom stereocenters. The molecule has 0 fully saturated rings. The normalized spacial score (nSPS) is 13.6. The standard InChI is InChI=1S/C18H30O3/c1-2-3-4-5-6-8-11-14-17(19)15-12-9-7-10-13-16-18(20)21/h6,8-9,11-12,14,17,19H,2-5,7,10,13,15-16H2,1H3,(H,20,21)/b8-6-,12-9-,14-11+. The van der Waals surface area contributed by atoms with E-state index in [1.807, 2.05) is 24.3 Å². The van der Waals surface area contributed by atoms with Gasteiger partial charge in [-0.25, -0.2) is 0 Å². The van der Waals surface area contributed by atoms with Crippen LogP contribution in [0.5, 0.6) is 0 Å². The number of carbonyl (C=O) groups is 1. The monoisotopic (exact) mass is 294 g/mol. The predicted molar refractivity (Wildman–Crippen MR) is 88.3 cm³/mol. The highest BCUT2D eigenvalue weighted by molar-refractivity contribution is 5.66. The molecule has 1 atom stereocenters. The van der Waals surface area contributed by atoms with Gasteiger partial charge in [0, 0.05) is 6.42 Å². The number of carboxylic acid groups (broad SMARTS) is 1. The van der Waals surface area contributed by atoms with Gasteiger partial charge in [0.2, 0.25) is 0 Å². The Morgan fingerprint density at radius 2 is 1.71 bits per heavy atom. The van der Waals surface area contributed by atoms with Gasteiger partial charge in [-0.15, -0.1) is 0 Å². The van der Waals surface area contributed by atoms with Crippen molar-refractivity contribution in [2.45, 2.75) is 70.8 Å². The number of aliphatic hydroxyl groups excluding tert-OH is 1. The third-order valence-electron chi connectivity index (χ3n) is 3.11. The molecule has 0 aromatic carbocycles. The van der Waals surface area contributed by atoms with Crippen molar-refractivity contribution in [1.82, 2.24) is 0 Å². The minimum Gasteiger partial charge on any atom is -0.481 e. The van der Waals surface area contributed by atoms with Crippen LogP contribution in [0.25, 0.3) is 0 Å². The summed E-state index contributed by atoms with van der Waals surface area (Å²) in [7, 11) is 0. The van der Waals surface area contributed by atoms with Gasteiger partial charge in [-0.3, -0.25) is 4.79 Å². The van der Waals surface area contributed by atoms with Crippen molar-refractivity contribution in [2.75, 3.05) is 0 Å². The second kappa shape index (κ2) is 15.0. The van der Waals surface area contributed by atoms with Gasteiger partial charge in [0.05, 0.1) is 6.10 Å². The van der Waals surface area contributed by atoms with E-state index >= 15 is 0 Å². The van der Waals surface area contributed by atoms with Gasteiger partial charge in [-0.2, -0.15) is 0 Å². The molecule has 3 heteroatoms. The highest BCUT2D eigenvalue weighted by Crippen LogP contribution is 2.03. The zero-order valence-electron chi connectivity index (χ0n) is 13.2. The zero-order chi connectivity index (χ0) is 15.8. The van der Waals surface area contributed by atoms with Crippen molar-refractivity contribution in [3.63, 3.8) is 0 Å². The Morgan fingerprint density at radius 3 is 2.43 bits per heavy atom. The van der Waals surface area contributed by atoms with Crippen molar-refractivity contribution in [3.8, 4) is 0 Å². The molecule has 2 N–H and O–H groups in total. The minimum atomic E-state index is -0.734. The molecule has 0 saturated heterocycles. The molecule has 0 aliphatic carbocycles. The predicted octanol–water partition coefficient (Wildman–Crippen LogP) is 4.63. The fourth-order valence-corrected chi connectivity index (χ4v) is 1.85. The molecular formula is C18H30O3. The van der Waals surface area contributed by atoms with Crippen molar-refractivity contribution >= 4 is 5.97 Å². The molecule has 0 radical (unpaired) electrons. The molecule has 0 rings (SSSR count). The van der Waals surface area contributed by atoms with E-state index in [2.05, 4.69) is 13.0 Å². The average molecular weight is 294 g/mol. The van der Waals surface area contributed by atoms with Crippen molar-refractivity contribution < 1.29 is 15.0 Å². The molecule has 0 aliphatic heterocycles. The fourth-order valence-electron chi connectivity index (χ4n) is 1.85. The molecule has 0 saturated carbocycles. The zero-order valence-corrected chi connectivity index (χ0v) is 13.2. The Kier molecular flexibility index (Phi) is 14.1. The lowest BCUT2D eigenvalue weighted by atomic mass is 10.1. The van der Waals surface area contributed by atoms with Crippen molar-refractivity contribution in [1.29, 1.82) is 0 Å². The van der Waals surface area contributed by atoms with Gasteiger partial charge in [0.1, 0.15) is 0 Å². The van der Waals surface area contributed by atoms with E-state index in [1.54, 1.807) is 6.08 Å². The topological polar surface area (TPSA) is 57.5 Å². The average Bonchev–Trinajstić information content (AvgIpc) is 2.45. The SMILES string of the molecule is CCCCC/C=C\C=C\C(O)C/C=C\CCCCC(=O)O. The Bertz CT molecular complexity index is 329. The molecule has 3 nitrogen and oxygen atoms in total. The van der Waals surface area contributed by atoms with Crippen LogP contribution in [0, 0.1) is 0 Å². The van der Waals surface area contributed by atoms with E-state index in [-0.39, 0.29) is 6.42 Å². The van der Waals surface area contributed by atoms with Crippen LogP contribution in [-0.4, -0.2) is 22.3 Å². The molecule has 21 heavy (non-hydrogen) atoms. The summed E-state index contributed by atoms with van der Waals surface area (Å²) < 4.78 is 0. The fraction of sp³-hybridized carbons (Fsp3) is 0.611. The first kappa shape index (κ1) is 19.7. The van der Waals surface area contributed by atoms with E-state index in [4.69, 9.17) is 5.11 Å². The number of hydrogen-bond acceptors (Lipinski definition) is 2. The highest BCUT2D eigenvalue weighted by atomic mass is 16.4. The molecule has 0 amide bonds. The number of aliphatic hydroxyl groups is 1. The van der Waals surface area contributed by atoms with Crippen LogP contribution in [0.1, 0.15) is 64.7 Å². The number of aliphatic carboxylic acids is 1. The number of unbranched alkanes of at least 4 members (excludes halogenated alkanes) is 5. The van der Waals surface area contributed by atoms with Gasteiger partial charge in [0.25, 0.3) is 0 Å². The first-order valence-electron chi connectivity index (χ1n) is 8.05. The van der Waals surface area contributed by atoms with E-state index in [0.29, 0.717) is 12.8 Å². The maximum Gasteiger partial charge on any atom is 0.303 e. The molecule has 0 aliphatic rings. The summed E-state index contributed by atoms with van der Waals surface area (Å²) in [4.78, 5) is 10.3. The molecular weight excluding hydrogens is 264 g/mol. The number of carboxylic acids is 1. The highest BCUT2D eigenvalue weighted by Gasteiger charge is 1.95. The van der Waals surface area contributed by atoms with Crippen LogP contribution in [0.2, 0.25) is 0 Å². The quantitative estimate of drug-likeness (QED) is 0.296. The number of rotatable bonds is 13. The van der Waals surface area contributed by atoms with Gasteiger partial charge in [0.15, 0.2) is 0 Å². The smallest absolute Gasteiger partial charge is 0.303 e. The van der Waals surface area contributed by atoms with E-state index in [9.17, 15) is 9.90 Å². The van der Waals surface area contributed by atoms with E-state index < -0.39 is 12.1 Å². The maximum atomic E-state index is 10.3. The number of allylic oxidation sites excluding steroid dienone is 4. The maximum absolute atomic E-state index is 10.3. The summed E-state index contributed by atoms with van der Waals surface area (Å²) in [5, 5.41) is 18.2. The third-order valence-corrected chi connectivity index (χ3v) is 3.11. The molecule has 0 bridgehead atoms. The Morgan fingerprint density at radius 1 is 1.00 bits per heavy atom. The largest absolute Gasteiger partial charge is 0.481 e. The summed E-state index contributed by atoms with van der Waals surface area (Å²) >= 11 is 0. The van der Waals surface area contributed by atoms with Crippen LogP contribution in [0.4, 0.5) is 0 Å². The first-order chi connectivity index (χ1) is 10.2. The lowest BCUT2D eigenvalue weighted by Crippen LogP contribution is -1.98. The van der Waals surface area contributed by atoms with Crippen LogP contribution in [0.3, 0.4) is 0 Å². The summed E-state index contributed by atoms with van der Waals surface area (Å²) in [6, 6.07) is 0. The summed E-state index contributed by atoms with van der Waals surface area (Å²) in [5.41, 5.74) is 0. The van der Waals surface area contributed by atoms with Crippen molar-refractivity contribution in [3.05, 3.63) is 36.5 Å². The van der Waals surface area contributed by atoms with Gasteiger partial charge < -0.3 is 10.2 Å². The van der Waals surface area contributed by atoms with Crippen LogP contribution in [-0.2, 0) is 4.79 Å². The molecule has 0 spiro atoms. The second-order valence-corrected chi connectivity index (χ2v) is 5.22. The molecule has 0 aromatic rings. The van der Waals surface area contributed by atoms with Gasteiger partial charge in [-0.05, 0) is 38.5 Å². The minimum absolute atomic E-state index is 0.240. The van der Waals surface area contributed by atoms with Crippen LogP contribution < -0.4 is 0 Å². The van der Waals surface area contributed by atoms with Crippen LogP contribution >= 0.6 is 0 Å². The van der Waals surface area contributed by atoms with Crippen molar-refractivity contribution in [2.24, 2.45) is 0 Å². The summed E-state index contributed by atoms with van der Waals surface area (Å²) in [5.74, 6) is -0.734. The molecule has 120 valence electrons. The molecule has 0 aromatic heterocycles. The Hall–Kier alpha value is -1.35. The Balaban J connectivity index is 3.55. The van der Waals surface area contributed by atoms with E-state index in [0.717, 1.165) is 19.3 Å². The van der Waals surface area contributed by atoms with E-state index in [1.165, 1.54) is 19.3 Å².